The molecule has 1 unspecified atom stereocenters. The van der Waals surface area contributed by atoms with Gasteiger partial charge in [0.1, 0.15) is 5.75 Å². The van der Waals surface area contributed by atoms with Gasteiger partial charge in [-0.2, -0.15) is 0 Å². The first-order valence-electron chi connectivity index (χ1n) is 7.87. The lowest BCUT2D eigenvalue weighted by molar-refractivity contribution is -0.141. The van der Waals surface area contributed by atoms with Crippen LogP contribution in [0.2, 0.25) is 0 Å². The van der Waals surface area contributed by atoms with Crippen LogP contribution >= 0.6 is 0 Å². The standard InChI is InChI=1S/C17H21NO4/c19-16(11-5-6-12(9-11)17(20)21)18-10-13-7-8-22-15-4-2-1-3-14(13)15/h1-4,11-13H,5-10H2,(H,18,19)(H,20,21)/t11-,12+,13?/m0/s1. The lowest BCUT2D eigenvalue weighted by Crippen LogP contribution is -2.34. The summed E-state index contributed by atoms with van der Waals surface area (Å²) in [6.45, 7) is 1.26. The van der Waals surface area contributed by atoms with Crippen molar-refractivity contribution in [1.82, 2.24) is 5.32 Å². The summed E-state index contributed by atoms with van der Waals surface area (Å²) in [6.07, 6.45) is 2.63. The quantitative estimate of drug-likeness (QED) is 0.894. The van der Waals surface area contributed by atoms with Gasteiger partial charge < -0.3 is 15.2 Å². The van der Waals surface area contributed by atoms with E-state index in [1.807, 2.05) is 24.3 Å². The Morgan fingerprint density at radius 1 is 1.18 bits per heavy atom. The summed E-state index contributed by atoms with van der Waals surface area (Å²) < 4.78 is 5.62. The highest BCUT2D eigenvalue weighted by Gasteiger charge is 2.34. The molecular formula is C17H21NO4. The van der Waals surface area contributed by atoms with Crippen LogP contribution in [0, 0.1) is 11.8 Å². The van der Waals surface area contributed by atoms with Crippen LogP contribution in [0.3, 0.4) is 0 Å². The van der Waals surface area contributed by atoms with Gasteiger partial charge in [0.2, 0.25) is 5.91 Å². The maximum Gasteiger partial charge on any atom is 0.306 e. The summed E-state index contributed by atoms with van der Waals surface area (Å²) in [5.41, 5.74) is 1.14. The Hall–Kier alpha value is -2.04. The normalized spacial score (nSPS) is 26.8. The summed E-state index contributed by atoms with van der Waals surface area (Å²) in [6, 6.07) is 7.93. The monoisotopic (exact) mass is 303 g/mol. The van der Waals surface area contributed by atoms with Gasteiger partial charge in [-0.1, -0.05) is 18.2 Å². The summed E-state index contributed by atoms with van der Waals surface area (Å²) in [5, 5.41) is 12.0. The van der Waals surface area contributed by atoms with Crippen LogP contribution in [0.1, 0.15) is 37.2 Å². The van der Waals surface area contributed by atoms with Crippen LogP contribution in [-0.4, -0.2) is 30.1 Å². The Labute approximate surface area is 129 Å². The molecule has 1 saturated carbocycles. The third-order valence-corrected chi connectivity index (χ3v) is 4.76. The molecule has 0 spiro atoms. The van der Waals surface area contributed by atoms with Crippen molar-refractivity contribution in [3.8, 4) is 5.75 Å². The molecule has 1 heterocycles. The number of ether oxygens (including phenoxy) is 1. The number of benzene rings is 1. The van der Waals surface area contributed by atoms with E-state index in [1.165, 1.54) is 0 Å². The molecule has 3 atom stereocenters. The maximum atomic E-state index is 12.2. The molecule has 5 heteroatoms. The molecule has 0 radical (unpaired) electrons. The first kappa shape index (κ1) is 14.9. The van der Waals surface area contributed by atoms with E-state index in [-0.39, 0.29) is 23.7 Å². The number of carbonyl (C=O) groups is 2. The van der Waals surface area contributed by atoms with E-state index in [4.69, 9.17) is 9.84 Å². The first-order valence-corrected chi connectivity index (χ1v) is 7.87. The van der Waals surface area contributed by atoms with Crippen LogP contribution in [0.25, 0.3) is 0 Å². The van der Waals surface area contributed by atoms with Crippen molar-refractivity contribution in [3.05, 3.63) is 29.8 Å². The predicted molar refractivity (Wildman–Crippen MR) is 80.8 cm³/mol. The number of carbonyl (C=O) groups excluding carboxylic acids is 1. The molecule has 3 rings (SSSR count). The molecule has 0 aromatic heterocycles. The zero-order valence-corrected chi connectivity index (χ0v) is 12.5. The number of nitrogens with one attached hydrogen (secondary N) is 1. The molecule has 1 fully saturated rings. The number of hydrogen-bond acceptors (Lipinski definition) is 3. The number of carboxylic acids is 1. The minimum atomic E-state index is -0.784. The maximum absolute atomic E-state index is 12.2. The highest BCUT2D eigenvalue weighted by Crippen LogP contribution is 2.34. The fourth-order valence-electron chi connectivity index (χ4n) is 3.44. The SMILES string of the molecule is O=C(O)[C@@H]1CC[C@H](C(=O)NCC2CCOc3ccccc32)C1. The first-order chi connectivity index (χ1) is 10.6. The van der Waals surface area contributed by atoms with Crippen molar-refractivity contribution in [2.45, 2.75) is 31.6 Å². The number of carboxylic acid groups (broad SMARTS) is 1. The third kappa shape index (κ3) is 3.08. The molecule has 2 aliphatic rings. The van der Waals surface area contributed by atoms with E-state index < -0.39 is 5.97 Å². The van der Waals surface area contributed by atoms with Gasteiger partial charge in [0.15, 0.2) is 0 Å². The Bertz CT molecular complexity index is 572. The van der Waals surface area contributed by atoms with Crippen molar-refractivity contribution in [2.24, 2.45) is 11.8 Å². The second-order valence-corrected chi connectivity index (χ2v) is 6.16. The topological polar surface area (TPSA) is 75.6 Å². The lowest BCUT2D eigenvalue weighted by atomic mass is 9.93. The van der Waals surface area contributed by atoms with E-state index in [1.54, 1.807) is 0 Å². The highest BCUT2D eigenvalue weighted by molar-refractivity contribution is 5.80. The van der Waals surface area contributed by atoms with Crippen LogP contribution in [0.15, 0.2) is 24.3 Å². The molecule has 1 aromatic carbocycles. The van der Waals surface area contributed by atoms with Crippen molar-refractivity contribution in [3.63, 3.8) is 0 Å². The second-order valence-electron chi connectivity index (χ2n) is 6.16. The number of amides is 1. The molecule has 0 saturated heterocycles. The molecule has 0 bridgehead atoms. The van der Waals surface area contributed by atoms with E-state index in [9.17, 15) is 9.59 Å². The minimum Gasteiger partial charge on any atom is -0.493 e. The van der Waals surface area contributed by atoms with Gasteiger partial charge in [-0.15, -0.1) is 0 Å². The molecule has 2 N–H and O–H groups in total. The van der Waals surface area contributed by atoms with Gasteiger partial charge in [-0.05, 0) is 37.3 Å². The Balaban J connectivity index is 1.55. The zero-order chi connectivity index (χ0) is 15.5. The molecule has 1 aromatic rings. The van der Waals surface area contributed by atoms with Gasteiger partial charge in [-0.25, -0.2) is 0 Å². The highest BCUT2D eigenvalue weighted by atomic mass is 16.5. The number of fused-ring (bicyclic) bond motifs is 1. The molecule has 5 nitrogen and oxygen atoms in total. The fourth-order valence-corrected chi connectivity index (χ4v) is 3.44. The smallest absolute Gasteiger partial charge is 0.306 e. The van der Waals surface area contributed by atoms with Crippen LogP contribution < -0.4 is 10.1 Å². The Kier molecular flexibility index (Phi) is 4.32. The van der Waals surface area contributed by atoms with Crippen molar-refractivity contribution < 1.29 is 19.4 Å². The molecule has 22 heavy (non-hydrogen) atoms. The largest absolute Gasteiger partial charge is 0.493 e. The fraction of sp³-hybridized carbons (Fsp3) is 0.529. The van der Waals surface area contributed by atoms with Crippen molar-refractivity contribution in [2.75, 3.05) is 13.2 Å². The predicted octanol–water partition coefficient (Wildman–Crippen LogP) is 2.17. The molecule has 1 aliphatic carbocycles. The van der Waals surface area contributed by atoms with Crippen molar-refractivity contribution >= 4 is 11.9 Å². The van der Waals surface area contributed by atoms with Gasteiger partial charge in [0.25, 0.3) is 0 Å². The van der Waals surface area contributed by atoms with Gasteiger partial charge >= 0.3 is 5.97 Å². The van der Waals surface area contributed by atoms with Gasteiger partial charge in [0.05, 0.1) is 12.5 Å². The summed E-state index contributed by atoms with van der Waals surface area (Å²) >= 11 is 0. The average molecular weight is 303 g/mol. The number of para-hydroxylation sites is 1. The van der Waals surface area contributed by atoms with Gasteiger partial charge in [-0.3, -0.25) is 9.59 Å². The number of rotatable bonds is 4. The number of hydrogen-bond donors (Lipinski definition) is 2. The minimum absolute atomic E-state index is 0.00674. The lowest BCUT2D eigenvalue weighted by Gasteiger charge is -2.26. The summed E-state index contributed by atoms with van der Waals surface area (Å²) in [5.74, 6) is -0.137. The molecule has 1 aliphatic heterocycles. The Morgan fingerprint density at radius 2 is 1.95 bits per heavy atom. The van der Waals surface area contributed by atoms with E-state index in [0.29, 0.717) is 32.4 Å². The number of aliphatic carboxylic acids is 1. The van der Waals surface area contributed by atoms with Crippen LogP contribution in [-0.2, 0) is 9.59 Å². The average Bonchev–Trinajstić information content (AvgIpc) is 3.03. The van der Waals surface area contributed by atoms with E-state index >= 15 is 0 Å². The van der Waals surface area contributed by atoms with Gasteiger partial charge in [0, 0.05) is 18.4 Å². The summed E-state index contributed by atoms with van der Waals surface area (Å²) in [4.78, 5) is 23.2. The van der Waals surface area contributed by atoms with Crippen LogP contribution in [0.4, 0.5) is 0 Å². The third-order valence-electron chi connectivity index (χ3n) is 4.76. The molecular weight excluding hydrogens is 282 g/mol. The van der Waals surface area contributed by atoms with E-state index in [2.05, 4.69) is 5.32 Å². The Morgan fingerprint density at radius 3 is 2.73 bits per heavy atom. The van der Waals surface area contributed by atoms with Crippen LogP contribution in [0.5, 0.6) is 5.75 Å². The second kappa shape index (κ2) is 6.38. The molecule has 118 valence electrons. The summed E-state index contributed by atoms with van der Waals surface area (Å²) in [7, 11) is 0. The molecule has 1 amide bonds. The van der Waals surface area contributed by atoms with E-state index in [0.717, 1.165) is 17.7 Å². The zero-order valence-electron chi connectivity index (χ0n) is 12.5. The van der Waals surface area contributed by atoms with Crippen molar-refractivity contribution in [1.29, 1.82) is 0 Å².